The number of alkyl halides is 3. The third-order valence-electron chi connectivity index (χ3n) is 4.49. The van der Waals surface area contributed by atoms with E-state index >= 15 is 0 Å². The molecule has 5 nitrogen and oxygen atoms in total. The van der Waals surface area contributed by atoms with Gasteiger partial charge in [-0.05, 0) is 55.8 Å². The van der Waals surface area contributed by atoms with E-state index in [0.29, 0.717) is 18.7 Å². The van der Waals surface area contributed by atoms with Crippen molar-refractivity contribution >= 4 is 28.9 Å². The maximum absolute atomic E-state index is 12.8. The van der Waals surface area contributed by atoms with Crippen molar-refractivity contribution in [2.75, 3.05) is 22.1 Å². The lowest BCUT2D eigenvalue weighted by atomic mass is 10.2. The first-order valence-electron chi connectivity index (χ1n) is 8.89. The molecule has 0 spiro atoms. The second-order valence-corrected chi connectivity index (χ2v) is 6.63. The van der Waals surface area contributed by atoms with Crippen molar-refractivity contribution in [1.29, 1.82) is 0 Å². The fourth-order valence-electron chi connectivity index (χ4n) is 3.00. The Morgan fingerprint density at radius 3 is 2.43 bits per heavy atom. The summed E-state index contributed by atoms with van der Waals surface area (Å²) in [5.41, 5.74) is 0.727. The predicted molar refractivity (Wildman–Crippen MR) is 101 cm³/mol. The average molecular weight is 391 g/mol. The van der Waals surface area contributed by atoms with Crippen LogP contribution in [-0.4, -0.2) is 24.4 Å². The Bertz CT molecular complexity index is 866. The first-order valence-corrected chi connectivity index (χ1v) is 8.89. The van der Waals surface area contributed by atoms with Gasteiger partial charge in [-0.2, -0.15) is 13.2 Å². The Hall–Kier alpha value is -3.03. The molecule has 1 heterocycles. The van der Waals surface area contributed by atoms with Crippen molar-refractivity contribution in [3.63, 3.8) is 0 Å². The number of amides is 2. The van der Waals surface area contributed by atoms with Crippen LogP contribution in [0.2, 0.25) is 0 Å². The van der Waals surface area contributed by atoms with Crippen LogP contribution in [0.25, 0.3) is 0 Å². The second kappa shape index (κ2) is 7.92. The van der Waals surface area contributed by atoms with E-state index in [9.17, 15) is 22.8 Å². The fraction of sp³-hybridized carbons (Fsp3) is 0.300. The summed E-state index contributed by atoms with van der Waals surface area (Å²) in [5.74, 6) is -0.368. The predicted octanol–water partition coefficient (Wildman–Crippen LogP) is 4.27. The molecule has 0 aliphatic carbocycles. The highest BCUT2D eigenvalue weighted by atomic mass is 19.4. The number of halogens is 3. The highest BCUT2D eigenvalue weighted by molar-refractivity contribution is 5.97. The Kier molecular flexibility index (Phi) is 5.58. The summed E-state index contributed by atoms with van der Waals surface area (Å²) < 4.78 is 38.3. The topological polar surface area (TPSA) is 61.4 Å². The van der Waals surface area contributed by atoms with Gasteiger partial charge in [-0.1, -0.05) is 6.07 Å². The summed E-state index contributed by atoms with van der Waals surface area (Å²) in [5, 5.41) is 5.48. The molecule has 28 heavy (non-hydrogen) atoms. The quantitative estimate of drug-likeness (QED) is 0.800. The van der Waals surface area contributed by atoms with Gasteiger partial charge in [0.1, 0.15) is 6.04 Å². The van der Waals surface area contributed by atoms with Crippen molar-refractivity contribution in [3.8, 4) is 0 Å². The number of anilines is 3. The van der Waals surface area contributed by atoms with E-state index < -0.39 is 23.7 Å². The van der Waals surface area contributed by atoms with Gasteiger partial charge in [0.15, 0.2) is 0 Å². The van der Waals surface area contributed by atoms with Crippen molar-refractivity contribution < 1.29 is 22.8 Å². The van der Waals surface area contributed by atoms with Gasteiger partial charge in [0.25, 0.3) is 0 Å². The number of hydrogen-bond donors (Lipinski definition) is 2. The highest BCUT2D eigenvalue weighted by Gasteiger charge is 2.30. The highest BCUT2D eigenvalue weighted by Crippen LogP contribution is 2.30. The van der Waals surface area contributed by atoms with Crippen LogP contribution in [0.5, 0.6) is 0 Å². The van der Waals surface area contributed by atoms with Gasteiger partial charge < -0.3 is 15.5 Å². The minimum absolute atomic E-state index is 0.0800. The average Bonchev–Trinajstić information content (AvgIpc) is 3.08. The summed E-state index contributed by atoms with van der Waals surface area (Å²) in [6.07, 6.45) is -3.08. The Labute approximate surface area is 160 Å². The van der Waals surface area contributed by atoms with Gasteiger partial charge in [-0.3, -0.25) is 9.59 Å². The SMILES string of the molecule is C[C@H](Nc1ccc(N2CCCC2=O)cc1)C(=O)Nc1cccc(C(F)(F)F)c1. The number of nitrogens with zero attached hydrogens (tertiary/aromatic N) is 1. The molecule has 2 amide bonds. The summed E-state index contributed by atoms with van der Waals surface area (Å²) in [6, 6.07) is 10.9. The molecule has 0 unspecified atom stereocenters. The summed E-state index contributed by atoms with van der Waals surface area (Å²) >= 11 is 0. The molecular weight excluding hydrogens is 371 g/mol. The number of carbonyl (C=O) groups excluding carboxylic acids is 2. The van der Waals surface area contributed by atoms with Gasteiger partial charge in [0.05, 0.1) is 5.56 Å². The minimum Gasteiger partial charge on any atom is -0.374 e. The molecule has 1 aliphatic rings. The van der Waals surface area contributed by atoms with Crippen molar-refractivity contribution in [2.45, 2.75) is 32.0 Å². The van der Waals surface area contributed by atoms with Crippen LogP contribution in [0.1, 0.15) is 25.3 Å². The Balaban J connectivity index is 1.60. The maximum Gasteiger partial charge on any atom is 0.416 e. The summed E-state index contributed by atoms with van der Waals surface area (Å²) in [7, 11) is 0. The molecule has 0 bridgehead atoms. The molecular formula is C20H20F3N3O2. The molecule has 0 radical (unpaired) electrons. The molecule has 1 fully saturated rings. The monoisotopic (exact) mass is 391 g/mol. The summed E-state index contributed by atoms with van der Waals surface area (Å²) in [6.45, 7) is 2.31. The van der Waals surface area contributed by atoms with Gasteiger partial charge >= 0.3 is 6.18 Å². The first kappa shape index (κ1) is 19.7. The van der Waals surface area contributed by atoms with Crippen molar-refractivity contribution in [3.05, 3.63) is 54.1 Å². The smallest absolute Gasteiger partial charge is 0.374 e. The van der Waals surface area contributed by atoms with Gasteiger partial charge in [-0.25, -0.2) is 0 Å². The molecule has 2 aromatic carbocycles. The minimum atomic E-state index is -4.47. The first-order chi connectivity index (χ1) is 13.2. The second-order valence-electron chi connectivity index (χ2n) is 6.63. The standard InChI is InChI=1S/C20H20F3N3O2/c1-13(19(28)25-16-5-2-4-14(12-16)20(21,22)23)24-15-7-9-17(10-8-15)26-11-3-6-18(26)27/h2,4-5,7-10,12-13,24H,3,6,11H2,1H3,(H,25,28)/t13-/m0/s1. The fourth-order valence-corrected chi connectivity index (χ4v) is 3.00. The lowest BCUT2D eigenvalue weighted by Crippen LogP contribution is -2.32. The van der Waals surface area contributed by atoms with E-state index in [2.05, 4.69) is 10.6 Å². The Morgan fingerprint density at radius 1 is 1.11 bits per heavy atom. The number of hydrogen-bond acceptors (Lipinski definition) is 3. The van der Waals surface area contributed by atoms with E-state index in [1.165, 1.54) is 12.1 Å². The van der Waals surface area contributed by atoms with Crippen LogP contribution < -0.4 is 15.5 Å². The molecule has 1 aliphatic heterocycles. The van der Waals surface area contributed by atoms with E-state index in [0.717, 1.165) is 24.2 Å². The third kappa shape index (κ3) is 4.62. The van der Waals surface area contributed by atoms with E-state index in [1.807, 2.05) is 0 Å². The number of carbonyl (C=O) groups is 2. The van der Waals surface area contributed by atoms with Crippen LogP contribution in [0, 0.1) is 0 Å². The molecule has 148 valence electrons. The zero-order valence-corrected chi connectivity index (χ0v) is 15.2. The molecule has 0 aromatic heterocycles. The lowest BCUT2D eigenvalue weighted by Gasteiger charge is -2.18. The van der Waals surface area contributed by atoms with Crippen LogP contribution >= 0.6 is 0 Å². The molecule has 1 saturated heterocycles. The summed E-state index contributed by atoms with van der Waals surface area (Å²) in [4.78, 5) is 25.8. The largest absolute Gasteiger partial charge is 0.416 e. The normalized spacial score (nSPS) is 15.4. The van der Waals surface area contributed by atoms with Crippen LogP contribution in [0.4, 0.5) is 30.2 Å². The molecule has 2 aromatic rings. The number of rotatable bonds is 5. The molecule has 3 rings (SSSR count). The molecule has 8 heteroatoms. The van der Waals surface area contributed by atoms with Crippen LogP contribution in [-0.2, 0) is 15.8 Å². The molecule has 1 atom stereocenters. The van der Waals surface area contributed by atoms with E-state index in [1.54, 1.807) is 36.1 Å². The zero-order valence-electron chi connectivity index (χ0n) is 15.2. The zero-order chi connectivity index (χ0) is 20.3. The van der Waals surface area contributed by atoms with Gasteiger partial charge in [0.2, 0.25) is 11.8 Å². The molecule has 2 N–H and O–H groups in total. The number of benzene rings is 2. The maximum atomic E-state index is 12.8. The van der Waals surface area contributed by atoms with Gasteiger partial charge in [0, 0.05) is 30.0 Å². The van der Waals surface area contributed by atoms with E-state index in [4.69, 9.17) is 0 Å². The third-order valence-corrected chi connectivity index (χ3v) is 4.49. The number of nitrogens with one attached hydrogen (secondary N) is 2. The molecule has 0 saturated carbocycles. The van der Waals surface area contributed by atoms with Gasteiger partial charge in [-0.15, -0.1) is 0 Å². The Morgan fingerprint density at radius 2 is 1.82 bits per heavy atom. The van der Waals surface area contributed by atoms with Crippen molar-refractivity contribution in [2.24, 2.45) is 0 Å². The van der Waals surface area contributed by atoms with Crippen molar-refractivity contribution in [1.82, 2.24) is 0 Å². The van der Waals surface area contributed by atoms with E-state index in [-0.39, 0.29) is 11.6 Å². The van der Waals surface area contributed by atoms with Crippen LogP contribution in [0.3, 0.4) is 0 Å². The lowest BCUT2D eigenvalue weighted by molar-refractivity contribution is -0.137. The van der Waals surface area contributed by atoms with Crippen LogP contribution in [0.15, 0.2) is 48.5 Å².